The van der Waals surface area contributed by atoms with Crippen molar-refractivity contribution in [3.63, 3.8) is 0 Å². The Morgan fingerprint density at radius 1 is 1.19 bits per heavy atom. The number of amides is 2. The van der Waals surface area contributed by atoms with Crippen LogP contribution >= 0.6 is 11.3 Å². The molecule has 1 atom stereocenters. The van der Waals surface area contributed by atoms with Gasteiger partial charge in [0.25, 0.3) is 11.8 Å². The molecule has 138 valence electrons. The number of fused-ring (bicyclic) bond motifs is 1. The fraction of sp³-hybridized carbons (Fsp3) is 0.400. The fourth-order valence-electron chi connectivity index (χ4n) is 3.34. The highest BCUT2D eigenvalue weighted by molar-refractivity contribution is 7.17. The number of anilines is 1. The Labute approximate surface area is 157 Å². The molecule has 0 aliphatic heterocycles. The number of benzene rings is 1. The molecular formula is C20H24N2O3S. The molecule has 0 fully saturated rings. The molecule has 0 saturated heterocycles. The average Bonchev–Trinajstić information content (AvgIpc) is 2.96. The normalized spacial score (nSPS) is 14.4. The van der Waals surface area contributed by atoms with Crippen LogP contribution in [0, 0.1) is 13.8 Å². The van der Waals surface area contributed by atoms with Gasteiger partial charge in [-0.1, -0.05) is 18.2 Å². The Morgan fingerprint density at radius 3 is 2.50 bits per heavy atom. The predicted octanol–water partition coefficient (Wildman–Crippen LogP) is 3.75. The van der Waals surface area contributed by atoms with E-state index < -0.39 is 12.0 Å². The largest absolute Gasteiger partial charge is 0.480 e. The van der Waals surface area contributed by atoms with E-state index >= 15 is 0 Å². The first-order chi connectivity index (χ1) is 12.4. The van der Waals surface area contributed by atoms with Crippen molar-refractivity contribution >= 4 is 28.2 Å². The quantitative estimate of drug-likeness (QED) is 0.839. The summed E-state index contributed by atoms with van der Waals surface area (Å²) in [5.41, 5.74) is 9.02. The van der Waals surface area contributed by atoms with E-state index in [1.807, 2.05) is 32.0 Å². The third kappa shape index (κ3) is 3.60. The first kappa shape index (κ1) is 18.5. The Balaban J connectivity index is 1.79. The van der Waals surface area contributed by atoms with Gasteiger partial charge in [0.15, 0.2) is 6.10 Å². The minimum absolute atomic E-state index is 0.284. The van der Waals surface area contributed by atoms with E-state index in [1.54, 1.807) is 6.92 Å². The van der Waals surface area contributed by atoms with Crippen molar-refractivity contribution < 1.29 is 14.3 Å². The number of rotatable bonds is 5. The number of hydrogen-bond donors (Lipinski definition) is 2. The van der Waals surface area contributed by atoms with Crippen molar-refractivity contribution in [1.29, 1.82) is 0 Å². The predicted molar refractivity (Wildman–Crippen MR) is 104 cm³/mol. The van der Waals surface area contributed by atoms with Gasteiger partial charge in [0, 0.05) is 4.88 Å². The van der Waals surface area contributed by atoms with E-state index in [0.29, 0.717) is 10.6 Å². The van der Waals surface area contributed by atoms with Crippen LogP contribution in [0.4, 0.5) is 5.00 Å². The molecule has 0 saturated carbocycles. The topological polar surface area (TPSA) is 81.4 Å². The molecule has 2 amide bonds. The summed E-state index contributed by atoms with van der Waals surface area (Å²) < 4.78 is 5.89. The van der Waals surface area contributed by atoms with Crippen molar-refractivity contribution in [2.75, 3.05) is 5.32 Å². The second kappa shape index (κ2) is 7.50. The first-order valence-electron chi connectivity index (χ1n) is 8.86. The van der Waals surface area contributed by atoms with E-state index in [0.717, 1.165) is 53.0 Å². The van der Waals surface area contributed by atoms with Crippen molar-refractivity contribution in [2.45, 2.75) is 52.6 Å². The summed E-state index contributed by atoms with van der Waals surface area (Å²) in [6, 6.07) is 5.86. The number of para-hydroxylation sites is 1. The number of primary amides is 1. The molecule has 3 N–H and O–H groups in total. The summed E-state index contributed by atoms with van der Waals surface area (Å²) in [6.45, 7) is 5.61. The molecule has 26 heavy (non-hydrogen) atoms. The lowest BCUT2D eigenvalue weighted by Crippen LogP contribution is -2.31. The summed E-state index contributed by atoms with van der Waals surface area (Å²) in [4.78, 5) is 25.7. The van der Waals surface area contributed by atoms with Crippen LogP contribution in [0.2, 0.25) is 0 Å². The molecule has 1 aliphatic rings. The molecule has 1 aromatic heterocycles. The van der Waals surface area contributed by atoms with Gasteiger partial charge >= 0.3 is 0 Å². The van der Waals surface area contributed by atoms with Crippen LogP contribution in [0.25, 0.3) is 0 Å². The lowest BCUT2D eigenvalue weighted by atomic mass is 9.95. The molecule has 0 radical (unpaired) electrons. The van der Waals surface area contributed by atoms with E-state index in [1.165, 1.54) is 11.3 Å². The van der Waals surface area contributed by atoms with E-state index in [-0.39, 0.29) is 5.91 Å². The number of ether oxygens (including phenoxy) is 1. The van der Waals surface area contributed by atoms with Gasteiger partial charge in [-0.25, -0.2) is 0 Å². The monoisotopic (exact) mass is 372 g/mol. The van der Waals surface area contributed by atoms with Crippen molar-refractivity contribution in [2.24, 2.45) is 5.73 Å². The zero-order valence-corrected chi connectivity index (χ0v) is 16.2. The highest BCUT2D eigenvalue weighted by atomic mass is 32.1. The van der Waals surface area contributed by atoms with Gasteiger partial charge in [-0.2, -0.15) is 0 Å². The van der Waals surface area contributed by atoms with Crippen LogP contribution in [-0.4, -0.2) is 17.9 Å². The molecule has 2 aromatic rings. The second-order valence-corrected chi connectivity index (χ2v) is 7.85. The summed E-state index contributed by atoms with van der Waals surface area (Å²) >= 11 is 1.46. The number of thiophene rings is 1. The number of carbonyl (C=O) groups excluding carboxylic acids is 2. The van der Waals surface area contributed by atoms with Crippen molar-refractivity contribution in [3.8, 4) is 5.75 Å². The van der Waals surface area contributed by atoms with Gasteiger partial charge in [-0.15, -0.1) is 11.3 Å². The fourth-order valence-corrected chi connectivity index (χ4v) is 4.64. The van der Waals surface area contributed by atoms with E-state index in [4.69, 9.17) is 10.5 Å². The van der Waals surface area contributed by atoms with Gasteiger partial charge < -0.3 is 15.8 Å². The Bertz CT molecular complexity index is 837. The third-order valence-corrected chi connectivity index (χ3v) is 5.93. The Morgan fingerprint density at radius 2 is 1.85 bits per heavy atom. The molecule has 3 rings (SSSR count). The number of nitrogens with one attached hydrogen (secondary N) is 1. The second-order valence-electron chi connectivity index (χ2n) is 6.75. The summed E-state index contributed by atoms with van der Waals surface area (Å²) in [6.07, 6.45) is 3.24. The molecule has 1 aromatic carbocycles. The maximum atomic E-state index is 12.6. The van der Waals surface area contributed by atoms with E-state index in [2.05, 4.69) is 5.32 Å². The van der Waals surface area contributed by atoms with Crippen LogP contribution < -0.4 is 15.8 Å². The molecule has 0 bridgehead atoms. The lowest BCUT2D eigenvalue weighted by Gasteiger charge is -2.18. The highest BCUT2D eigenvalue weighted by Crippen LogP contribution is 2.38. The highest BCUT2D eigenvalue weighted by Gasteiger charge is 2.26. The van der Waals surface area contributed by atoms with Crippen LogP contribution in [0.3, 0.4) is 0 Å². The minimum atomic E-state index is -0.686. The maximum absolute atomic E-state index is 12.6. The van der Waals surface area contributed by atoms with Crippen LogP contribution in [0.1, 0.15) is 51.7 Å². The third-order valence-electron chi connectivity index (χ3n) is 4.73. The minimum Gasteiger partial charge on any atom is -0.480 e. The zero-order valence-electron chi connectivity index (χ0n) is 15.3. The average molecular weight is 372 g/mol. The molecule has 6 heteroatoms. The van der Waals surface area contributed by atoms with Crippen molar-refractivity contribution in [1.82, 2.24) is 0 Å². The summed E-state index contributed by atoms with van der Waals surface area (Å²) in [5, 5.41) is 3.41. The van der Waals surface area contributed by atoms with Crippen LogP contribution in [0.5, 0.6) is 5.75 Å². The van der Waals surface area contributed by atoms with Gasteiger partial charge in [0.05, 0.1) is 5.56 Å². The lowest BCUT2D eigenvalue weighted by molar-refractivity contribution is -0.122. The number of hydrogen-bond acceptors (Lipinski definition) is 4. The molecule has 1 heterocycles. The molecule has 0 unspecified atom stereocenters. The summed E-state index contributed by atoms with van der Waals surface area (Å²) in [5.74, 6) is -0.0486. The van der Waals surface area contributed by atoms with Gasteiger partial charge in [-0.3, -0.25) is 9.59 Å². The Kier molecular flexibility index (Phi) is 5.32. The molecular weight excluding hydrogens is 348 g/mol. The van der Waals surface area contributed by atoms with Gasteiger partial charge in [0.2, 0.25) is 0 Å². The number of aryl methyl sites for hydroxylation is 3. The van der Waals surface area contributed by atoms with Gasteiger partial charge in [-0.05, 0) is 63.1 Å². The molecule has 1 aliphatic carbocycles. The zero-order chi connectivity index (χ0) is 18.8. The van der Waals surface area contributed by atoms with Crippen molar-refractivity contribution in [3.05, 3.63) is 45.3 Å². The SMILES string of the molecule is Cc1cccc(C)c1O[C@@H](C)C(=O)Nc1sc2c(c1C(N)=O)CCCC2. The first-order valence-corrected chi connectivity index (χ1v) is 9.68. The van der Waals surface area contributed by atoms with Crippen LogP contribution in [0.15, 0.2) is 18.2 Å². The Hall–Kier alpha value is -2.34. The van der Waals surface area contributed by atoms with E-state index in [9.17, 15) is 9.59 Å². The number of nitrogens with two attached hydrogens (primary N) is 1. The molecule has 5 nitrogen and oxygen atoms in total. The summed E-state index contributed by atoms with van der Waals surface area (Å²) in [7, 11) is 0. The van der Waals surface area contributed by atoms with Crippen LogP contribution in [-0.2, 0) is 17.6 Å². The maximum Gasteiger partial charge on any atom is 0.265 e. The molecule has 0 spiro atoms. The smallest absolute Gasteiger partial charge is 0.265 e. The standard InChI is InChI=1S/C20H24N2O3S/c1-11-7-6-8-12(2)17(11)25-13(3)19(24)22-20-16(18(21)23)14-9-4-5-10-15(14)26-20/h6-8,13H,4-5,9-10H2,1-3H3,(H2,21,23)(H,22,24)/t13-/m0/s1. The van der Waals surface area contributed by atoms with Gasteiger partial charge in [0.1, 0.15) is 10.8 Å². The number of carbonyl (C=O) groups is 2.